The molecule has 0 unspecified atom stereocenters. The standard InChI is InChI=1S/C18H18N2O/c1-2-3-14-8-10-17(11-9-14)20-18(21)12-15-4-6-16(13-19)7-5-15/h4-11H,2-3,12H2,1H3,(H,20,21). The van der Waals surface area contributed by atoms with Gasteiger partial charge in [-0.15, -0.1) is 0 Å². The SMILES string of the molecule is CCCc1ccc(NC(=O)Cc2ccc(C#N)cc2)cc1. The third-order valence-corrected chi connectivity index (χ3v) is 3.22. The molecule has 0 bridgehead atoms. The maximum absolute atomic E-state index is 12.0. The number of carbonyl (C=O) groups excluding carboxylic acids is 1. The van der Waals surface area contributed by atoms with E-state index in [0.29, 0.717) is 12.0 Å². The number of rotatable bonds is 5. The van der Waals surface area contributed by atoms with Crippen molar-refractivity contribution in [3.8, 4) is 6.07 Å². The first kappa shape index (κ1) is 14.8. The first-order chi connectivity index (χ1) is 10.2. The number of nitrogens with one attached hydrogen (secondary N) is 1. The van der Waals surface area contributed by atoms with E-state index in [1.165, 1.54) is 5.56 Å². The number of nitriles is 1. The second-order valence-electron chi connectivity index (χ2n) is 4.98. The van der Waals surface area contributed by atoms with Gasteiger partial charge in [0.1, 0.15) is 0 Å². The van der Waals surface area contributed by atoms with Crippen LogP contribution in [0.5, 0.6) is 0 Å². The Morgan fingerprint density at radius 1 is 1.05 bits per heavy atom. The van der Waals surface area contributed by atoms with E-state index >= 15 is 0 Å². The molecule has 0 aromatic heterocycles. The van der Waals surface area contributed by atoms with Gasteiger partial charge < -0.3 is 5.32 Å². The number of hydrogen-bond donors (Lipinski definition) is 1. The minimum absolute atomic E-state index is 0.0528. The van der Waals surface area contributed by atoms with Gasteiger partial charge in [0.15, 0.2) is 0 Å². The monoisotopic (exact) mass is 278 g/mol. The third-order valence-electron chi connectivity index (χ3n) is 3.22. The number of carbonyl (C=O) groups is 1. The molecule has 1 amide bonds. The van der Waals surface area contributed by atoms with Crippen molar-refractivity contribution in [2.75, 3.05) is 5.32 Å². The second-order valence-corrected chi connectivity index (χ2v) is 4.98. The Hall–Kier alpha value is -2.60. The molecule has 3 heteroatoms. The van der Waals surface area contributed by atoms with Crippen LogP contribution in [-0.2, 0) is 17.6 Å². The van der Waals surface area contributed by atoms with Crippen LogP contribution in [-0.4, -0.2) is 5.91 Å². The lowest BCUT2D eigenvalue weighted by atomic mass is 10.1. The van der Waals surface area contributed by atoms with Crippen LogP contribution in [0.15, 0.2) is 48.5 Å². The first-order valence-corrected chi connectivity index (χ1v) is 7.09. The molecular weight excluding hydrogens is 260 g/mol. The molecule has 0 radical (unpaired) electrons. The summed E-state index contributed by atoms with van der Waals surface area (Å²) in [4.78, 5) is 12.0. The molecule has 0 atom stereocenters. The summed E-state index contributed by atoms with van der Waals surface area (Å²) in [6.07, 6.45) is 2.48. The van der Waals surface area contributed by atoms with Crippen LogP contribution in [0, 0.1) is 11.3 Å². The van der Waals surface area contributed by atoms with E-state index in [0.717, 1.165) is 24.1 Å². The molecule has 3 nitrogen and oxygen atoms in total. The maximum Gasteiger partial charge on any atom is 0.228 e. The van der Waals surface area contributed by atoms with Crippen LogP contribution in [0.1, 0.15) is 30.0 Å². The molecule has 0 aliphatic carbocycles. The number of benzene rings is 2. The van der Waals surface area contributed by atoms with Crippen molar-refractivity contribution < 1.29 is 4.79 Å². The Morgan fingerprint density at radius 3 is 2.24 bits per heavy atom. The molecule has 0 saturated carbocycles. The smallest absolute Gasteiger partial charge is 0.228 e. The van der Waals surface area contributed by atoms with Gasteiger partial charge in [-0.25, -0.2) is 0 Å². The fourth-order valence-electron chi connectivity index (χ4n) is 2.13. The number of nitrogens with zero attached hydrogens (tertiary/aromatic N) is 1. The minimum atomic E-state index is -0.0528. The van der Waals surface area contributed by atoms with E-state index in [1.54, 1.807) is 12.1 Å². The molecule has 0 aliphatic heterocycles. The number of hydrogen-bond acceptors (Lipinski definition) is 2. The number of anilines is 1. The highest BCUT2D eigenvalue weighted by Crippen LogP contribution is 2.12. The average molecular weight is 278 g/mol. The summed E-state index contributed by atoms with van der Waals surface area (Å²) in [7, 11) is 0. The molecule has 2 aromatic rings. The van der Waals surface area contributed by atoms with Crippen LogP contribution in [0.4, 0.5) is 5.69 Å². The highest BCUT2D eigenvalue weighted by Gasteiger charge is 2.04. The van der Waals surface area contributed by atoms with E-state index in [-0.39, 0.29) is 5.91 Å². The van der Waals surface area contributed by atoms with E-state index in [1.807, 2.05) is 36.4 Å². The number of amides is 1. The Balaban J connectivity index is 1.93. The fraction of sp³-hybridized carbons (Fsp3) is 0.222. The van der Waals surface area contributed by atoms with Crippen LogP contribution in [0.3, 0.4) is 0 Å². The van der Waals surface area contributed by atoms with Crippen LogP contribution in [0.2, 0.25) is 0 Å². The Morgan fingerprint density at radius 2 is 1.67 bits per heavy atom. The second kappa shape index (κ2) is 7.25. The van der Waals surface area contributed by atoms with Gasteiger partial charge in [0.05, 0.1) is 18.1 Å². The zero-order valence-corrected chi connectivity index (χ0v) is 12.1. The van der Waals surface area contributed by atoms with Gasteiger partial charge in [-0.3, -0.25) is 4.79 Å². The van der Waals surface area contributed by atoms with Crippen LogP contribution in [0.25, 0.3) is 0 Å². The predicted octanol–water partition coefficient (Wildman–Crippen LogP) is 3.69. The Bertz CT molecular complexity index is 636. The highest BCUT2D eigenvalue weighted by molar-refractivity contribution is 5.92. The summed E-state index contributed by atoms with van der Waals surface area (Å²) in [6.45, 7) is 2.15. The average Bonchev–Trinajstić information content (AvgIpc) is 2.50. The molecule has 0 aliphatic rings. The first-order valence-electron chi connectivity index (χ1n) is 7.09. The van der Waals surface area contributed by atoms with Gasteiger partial charge in [-0.1, -0.05) is 37.6 Å². The zero-order valence-electron chi connectivity index (χ0n) is 12.1. The fourth-order valence-corrected chi connectivity index (χ4v) is 2.13. The minimum Gasteiger partial charge on any atom is -0.326 e. The summed E-state index contributed by atoms with van der Waals surface area (Å²) in [5, 5.41) is 11.6. The van der Waals surface area contributed by atoms with Gasteiger partial charge >= 0.3 is 0 Å². The summed E-state index contributed by atoms with van der Waals surface area (Å²) in [5.74, 6) is -0.0528. The molecule has 0 saturated heterocycles. The molecule has 2 rings (SSSR count). The van der Waals surface area contributed by atoms with Crippen molar-refractivity contribution in [3.05, 3.63) is 65.2 Å². The van der Waals surface area contributed by atoms with Gasteiger partial charge in [0.2, 0.25) is 5.91 Å². The summed E-state index contributed by atoms with van der Waals surface area (Å²) >= 11 is 0. The van der Waals surface area contributed by atoms with Gasteiger partial charge in [-0.05, 0) is 41.8 Å². The zero-order chi connectivity index (χ0) is 15.1. The van der Waals surface area contributed by atoms with Crippen molar-refractivity contribution in [1.82, 2.24) is 0 Å². The normalized spacial score (nSPS) is 9.90. The van der Waals surface area contributed by atoms with Gasteiger partial charge in [0.25, 0.3) is 0 Å². The van der Waals surface area contributed by atoms with E-state index in [4.69, 9.17) is 5.26 Å². The van der Waals surface area contributed by atoms with Crippen molar-refractivity contribution in [2.24, 2.45) is 0 Å². The molecular formula is C18H18N2O. The van der Waals surface area contributed by atoms with Crippen molar-refractivity contribution in [1.29, 1.82) is 5.26 Å². The lowest BCUT2D eigenvalue weighted by molar-refractivity contribution is -0.115. The Labute approximate surface area is 125 Å². The van der Waals surface area contributed by atoms with Crippen LogP contribution < -0.4 is 5.32 Å². The van der Waals surface area contributed by atoms with E-state index < -0.39 is 0 Å². The summed E-state index contributed by atoms with van der Waals surface area (Å²) in [6, 6.07) is 17.1. The van der Waals surface area contributed by atoms with Crippen molar-refractivity contribution >= 4 is 11.6 Å². The van der Waals surface area contributed by atoms with Gasteiger partial charge in [-0.2, -0.15) is 5.26 Å². The molecule has 0 heterocycles. The third kappa shape index (κ3) is 4.47. The highest BCUT2D eigenvalue weighted by atomic mass is 16.1. The van der Waals surface area contributed by atoms with Crippen molar-refractivity contribution in [2.45, 2.75) is 26.2 Å². The molecule has 1 N–H and O–H groups in total. The topological polar surface area (TPSA) is 52.9 Å². The van der Waals surface area contributed by atoms with Crippen LogP contribution >= 0.6 is 0 Å². The lowest BCUT2D eigenvalue weighted by Gasteiger charge is -2.06. The molecule has 21 heavy (non-hydrogen) atoms. The molecule has 106 valence electrons. The van der Waals surface area contributed by atoms with Crippen molar-refractivity contribution in [3.63, 3.8) is 0 Å². The molecule has 2 aromatic carbocycles. The summed E-state index contributed by atoms with van der Waals surface area (Å²) in [5.41, 5.74) is 3.59. The van der Waals surface area contributed by atoms with Gasteiger partial charge in [0, 0.05) is 5.69 Å². The largest absolute Gasteiger partial charge is 0.326 e. The molecule has 0 fully saturated rings. The summed E-state index contributed by atoms with van der Waals surface area (Å²) < 4.78 is 0. The predicted molar refractivity (Wildman–Crippen MR) is 83.9 cm³/mol. The quantitative estimate of drug-likeness (QED) is 0.906. The number of aryl methyl sites for hydroxylation is 1. The van der Waals surface area contributed by atoms with E-state index in [9.17, 15) is 4.79 Å². The van der Waals surface area contributed by atoms with E-state index in [2.05, 4.69) is 18.3 Å². The maximum atomic E-state index is 12.0. The Kier molecular flexibility index (Phi) is 5.11. The molecule has 0 spiro atoms. The lowest BCUT2D eigenvalue weighted by Crippen LogP contribution is -2.14.